The van der Waals surface area contributed by atoms with Crippen molar-refractivity contribution in [2.24, 2.45) is 5.92 Å². The molecule has 1 aliphatic carbocycles. The summed E-state index contributed by atoms with van der Waals surface area (Å²) in [5.41, 5.74) is 1.87. The van der Waals surface area contributed by atoms with E-state index in [-0.39, 0.29) is 0 Å². The fourth-order valence-electron chi connectivity index (χ4n) is 2.63. The third-order valence-electron chi connectivity index (χ3n) is 3.92. The van der Waals surface area contributed by atoms with Gasteiger partial charge in [0, 0.05) is 25.5 Å². The molecule has 3 nitrogen and oxygen atoms in total. The van der Waals surface area contributed by atoms with Crippen LogP contribution in [0.1, 0.15) is 43.7 Å². The van der Waals surface area contributed by atoms with E-state index in [9.17, 15) is 5.11 Å². The van der Waals surface area contributed by atoms with Crippen molar-refractivity contribution in [3.05, 3.63) is 29.6 Å². The molecule has 2 N–H and O–H groups in total. The Labute approximate surface area is 110 Å². The lowest BCUT2D eigenvalue weighted by atomic mass is 9.79. The van der Waals surface area contributed by atoms with Crippen molar-refractivity contribution in [2.45, 2.75) is 51.7 Å². The fourth-order valence-corrected chi connectivity index (χ4v) is 2.63. The van der Waals surface area contributed by atoms with Gasteiger partial charge in [-0.2, -0.15) is 0 Å². The summed E-state index contributed by atoms with van der Waals surface area (Å²) in [4.78, 5) is 4.17. The first-order valence-electron chi connectivity index (χ1n) is 6.91. The van der Waals surface area contributed by atoms with Crippen molar-refractivity contribution in [1.29, 1.82) is 0 Å². The minimum absolute atomic E-state index is 0.496. The molecular weight excluding hydrogens is 224 g/mol. The van der Waals surface area contributed by atoms with E-state index in [1.807, 2.05) is 19.3 Å². The zero-order valence-electron chi connectivity index (χ0n) is 11.4. The molecule has 0 radical (unpaired) electrons. The molecule has 1 aliphatic rings. The highest BCUT2D eigenvalue weighted by molar-refractivity contribution is 5.16. The second kappa shape index (κ2) is 5.81. The lowest BCUT2D eigenvalue weighted by molar-refractivity contribution is -0.00630. The van der Waals surface area contributed by atoms with Crippen LogP contribution in [0.5, 0.6) is 0 Å². The van der Waals surface area contributed by atoms with Gasteiger partial charge < -0.3 is 10.4 Å². The van der Waals surface area contributed by atoms with Gasteiger partial charge in [-0.05, 0) is 49.7 Å². The minimum atomic E-state index is -0.496. The Morgan fingerprint density at radius 3 is 2.78 bits per heavy atom. The van der Waals surface area contributed by atoms with Crippen molar-refractivity contribution < 1.29 is 5.11 Å². The van der Waals surface area contributed by atoms with Crippen molar-refractivity contribution in [3.8, 4) is 0 Å². The molecular formula is C15H24N2O. The van der Waals surface area contributed by atoms with Gasteiger partial charge in [-0.25, -0.2) is 0 Å². The molecule has 0 bridgehead atoms. The van der Waals surface area contributed by atoms with Crippen LogP contribution in [-0.2, 0) is 6.54 Å². The molecule has 0 aromatic carbocycles. The van der Waals surface area contributed by atoms with Crippen LogP contribution in [0.15, 0.2) is 18.5 Å². The summed E-state index contributed by atoms with van der Waals surface area (Å²) in [6.45, 7) is 5.79. The summed E-state index contributed by atoms with van der Waals surface area (Å²) in [7, 11) is 0. The maximum Gasteiger partial charge on any atom is 0.0771 e. The molecule has 0 atom stereocenters. The summed E-state index contributed by atoms with van der Waals surface area (Å²) < 4.78 is 0. The molecule has 1 aromatic rings. The van der Waals surface area contributed by atoms with Gasteiger partial charge in [0.05, 0.1) is 5.60 Å². The van der Waals surface area contributed by atoms with Gasteiger partial charge in [0.15, 0.2) is 0 Å². The van der Waals surface area contributed by atoms with Gasteiger partial charge in [0.2, 0.25) is 0 Å². The largest absolute Gasteiger partial charge is 0.389 e. The van der Waals surface area contributed by atoms with Crippen LogP contribution in [0.2, 0.25) is 0 Å². The van der Waals surface area contributed by atoms with Gasteiger partial charge in [-0.3, -0.25) is 4.98 Å². The van der Waals surface area contributed by atoms with E-state index in [1.54, 1.807) is 0 Å². The average Bonchev–Trinajstić information content (AvgIpc) is 2.34. The topological polar surface area (TPSA) is 45.2 Å². The highest BCUT2D eigenvalue weighted by Gasteiger charge is 2.31. The van der Waals surface area contributed by atoms with Gasteiger partial charge in [-0.15, -0.1) is 0 Å². The van der Waals surface area contributed by atoms with Gasteiger partial charge in [0.25, 0.3) is 0 Å². The molecule has 1 saturated carbocycles. The second-order valence-corrected chi connectivity index (χ2v) is 5.88. The zero-order chi connectivity index (χ0) is 13.0. The third kappa shape index (κ3) is 3.79. The first kappa shape index (κ1) is 13.5. The van der Waals surface area contributed by atoms with E-state index in [1.165, 1.54) is 11.1 Å². The third-order valence-corrected chi connectivity index (χ3v) is 3.92. The molecule has 1 fully saturated rings. The SMILES string of the molecule is Cc1cncc(CNCC2(O)CCC(C)CC2)c1. The van der Waals surface area contributed by atoms with Gasteiger partial charge in [-0.1, -0.05) is 13.0 Å². The van der Waals surface area contributed by atoms with Crippen LogP contribution in [0.4, 0.5) is 0 Å². The fraction of sp³-hybridized carbons (Fsp3) is 0.667. The molecule has 2 rings (SSSR count). The first-order chi connectivity index (χ1) is 8.57. The molecule has 0 saturated heterocycles. The lowest BCUT2D eigenvalue weighted by Crippen LogP contribution is -2.43. The molecule has 0 unspecified atom stereocenters. The van der Waals surface area contributed by atoms with E-state index in [2.05, 4.69) is 23.3 Å². The Balaban J connectivity index is 1.78. The maximum atomic E-state index is 10.4. The first-order valence-corrected chi connectivity index (χ1v) is 6.91. The Morgan fingerprint density at radius 2 is 2.11 bits per heavy atom. The molecule has 0 amide bonds. The van der Waals surface area contributed by atoms with Crippen LogP contribution < -0.4 is 5.32 Å². The molecule has 100 valence electrons. The average molecular weight is 248 g/mol. The summed E-state index contributed by atoms with van der Waals surface area (Å²) in [6.07, 6.45) is 7.88. The Bertz CT molecular complexity index is 384. The van der Waals surface area contributed by atoms with Gasteiger partial charge in [0.1, 0.15) is 0 Å². The Morgan fingerprint density at radius 1 is 1.39 bits per heavy atom. The van der Waals surface area contributed by atoms with Gasteiger partial charge >= 0.3 is 0 Å². The standard InChI is InChI=1S/C15H24N2O/c1-12-3-5-15(18,6-4-12)11-17-10-14-7-13(2)8-16-9-14/h7-9,12,17-18H,3-6,10-11H2,1-2H3. The number of aryl methyl sites for hydroxylation is 1. The van der Waals surface area contributed by atoms with E-state index in [4.69, 9.17) is 0 Å². The second-order valence-electron chi connectivity index (χ2n) is 5.88. The molecule has 18 heavy (non-hydrogen) atoms. The summed E-state index contributed by atoms with van der Waals surface area (Å²) in [5, 5.41) is 13.8. The van der Waals surface area contributed by atoms with E-state index >= 15 is 0 Å². The number of hydrogen-bond donors (Lipinski definition) is 2. The normalized spacial score (nSPS) is 28.3. The number of aliphatic hydroxyl groups is 1. The van der Waals surface area contributed by atoms with Crippen LogP contribution >= 0.6 is 0 Å². The monoisotopic (exact) mass is 248 g/mol. The van der Waals surface area contributed by atoms with Crippen molar-refractivity contribution in [2.75, 3.05) is 6.54 Å². The molecule has 0 aliphatic heterocycles. The minimum Gasteiger partial charge on any atom is -0.389 e. The van der Waals surface area contributed by atoms with Crippen molar-refractivity contribution in [1.82, 2.24) is 10.3 Å². The predicted molar refractivity (Wildman–Crippen MR) is 73.3 cm³/mol. The summed E-state index contributed by atoms with van der Waals surface area (Å²) >= 11 is 0. The van der Waals surface area contributed by atoms with E-state index in [0.717, 1.165) is 38.1 Å². The lowest BCUT2D eigenvalue weighted by Gasteiger charge is -2.35. The quantitative estimate of drug-likeness (QED) is 0.860. The Hall–Kier alpha value is -0.930. The zero-order valence-corrected chi connectivity index (χ0v) is 11.4. The van der Waals surface area contributed by atoms with Crippen LogP contribution in [0.25, 0.3) is 0 Å². The van der Waals surface area contributed by atoms with E-state index < -0.39 is 5.60 Å². The highest BCUT2D eigenvalue weighted by atomic mass is 16.3. The van der Waals surface area contributed by atoms with Crippen molar-refractivity contribution in [3.63, 3.8) is 0 Å². The molecule has 3 heteroatoms. The predicted octanol–water partition coefficient (Wildman–Crippen LogP) is 2.42. The Kier molecular flexibility index (Phi) is 4.36. The molecule has 1 heterocycles. The number of nitrogens with zero attached hydrogens (tertiary/aromatic N) is 1. The number of rotatable bonds is 4. The van der Waals surface area contributed by atoms with Crippen LogP contribution in [0, 0.1) is 12.8 Å². The summed E-state index contributed by atoms with van der Waals surface area (Å²) in [5.74, 6) is 0.770. The van der Waals surface area contributed by atoms with Crippen LogP contribution in [0.3, 0.4) is 0 Å². The maximum absolute atomic E-state index is 10.4. The number of aromatic nitrogens is 1. The molecule has 1 aromatic heterocycles. The highest BCUT2D eigenvalue weighted by Crippen LogP contribution is 2.31. The molecule has 0 spiro atoms. The number of pyridine rings is 1. The van der Waals surface area contributed by atoms with E-state index in [0.29, 0.717) is 6.54 Å². The summed E-state index contributed by atoms with van der Waals surface area (Å²) in [6, 6.07) is 2.13. The number of hydrogen-bond acceptors (Lipinski definition) is 3. The number of nitrogens with one attached hydrogen (secondary N) is 1. The smallest absolute Gasteiger partial charge is 0.0771 e. The van der Waals surface area contributed by atoms with Crippen LogP contribution in [-0.4, -0.2) is 22.2 Å². The van der Waals surface area contributed by atoms with Crippen molar-refractivity contribution >= 4 is 0 Å².